The van der Waals surface area contributed by atoms with E-state index >= 15 is 0 Å². The first-order valence-corrected chi connectivity index (χ1v) is 12.2. The zero-order valence-corrected chi connectivity index (χ0v) is 18.7. The molecule has 2 nitrogen and oxygen atoms in total. The van der Waals surface area contributed by atoms with E-state index in [1.54, 1.807) is 0 Å². The maximum atomic E-state index is 6.06. The zero-order chi connectivity index (χ0) is 19.1. The smallest absolute Gasteiger partial charge is 0.157 e. The molecule has 26 heavy (non-hydrogen) atoms. The fraction of sp³-hybridized carbons (Fsp3) is 1.00. The highest BCUT2D eigenvalue weighted by Gasteiger charge is 2.09. The largest absolute Gasteiger partial charge is 0.353 e. The summed E-state index contributed by atoms with van der Waals surface area (Å²) in [6, 6.07) is 0. The van der Waals surface area contributed by atoms with Crippen molar-refractivity contribution >= 4 is 11.6 Å². The van der Waals surface area contributed by atoms with Gasteiger partial charge in [0.2, 0.25) is 0 Å². The van der Waals surface area contributed by atoms with Gasteiger partial charge in [0.1, 0.15) is 0 Å². The molecule has 0 aromatic carbocycles. The number of hydrogen-bond donors (Lipinski definition) is 0. The number of halogens is 1. The van der Waals surface area contributed by atoms with Gasteiger partial charge in [-0.15, -0.1) is 11.6 Å². The molecule has 0 N–H and O–H groups in total. The maximum absolute atomic E-state index is 6.06. The first-order chi connectivity index (χ1) is 12.8. The Morgan fingerprint density at radius 2 is 0.962 bits per heavy atom. The number of ether oxygens (including phenoxy) is 2. The van der Waals surface area contributed by atoms with Crippen molar-refractivity contribution in [3.8, 4) is 0 Å². The molecule has 0 aromatic rings. The van der Waals surface area contributed by atoms with Gasteiger partial charge in [0.05, 0.1) is 0 Å². The van der Waals surface area contributed by atoms with Gasteiger partial charge in [-0.2, -0.15) is 0 Å². The average molecular weight is 391 g/mol. The molecular weight excluding hydrogens is 344 g/mol. The summed E-state index contributed by atoms with van der Waals surface area (Å²) in [5.41, 5.74) is 0. The lowest BCUT2D eigenvalue weighted by Gasteiger charge is -2.19. The highest BCUT2D eigenvalue weighted by atomic mass is 35.5. The summed E-state index contributed by atoms with van der Waals surface area (Å²) in [6.45, 7) is 6.24. The molecule has 0 rings (SSSR count). The lowest BCUT2D eigenvalue weighted by molar-refractivity contribution is -0.148. The summed E-state index contributed by atoms with van der Waals surface area (Å²) < 4.78 is 12.1. The molecule has 0 aliphatic carbocycles. The van der Waals surface area contributed by atoms with Crippen LogP contribution in [0.5, 0.6) is 0 Å². The fourth-order valence-corrected chi connectivity index (χ4v) is 3.36. The van der Waals surface area contributed by atoms with E-state index in [0.29, 0.717) is 0 Å². The Kier molecular flexibility index (Phi) is 23.4. The number of hydrogen-bond acceptors (Lipinski definition) is 2. The van der Waals surface area contributed by atoms with Gasteiger partial charge in [-0.05, 0) is 32.1 Å². The van der Waals surface area contributed by atoms with Crippen molar-refractivity contribution in [2.45, 2.75) is 129 Å². The van der Waals surface area contributed by atoms with E-state index in [2.05, 4.69) is 13.8 Å². The van der Waals surface area contributed by atoms with Crippen molar-refractivity contribution in [1.82, 2.24) is 0 Å². The molecule has 0 atom stereocenters. The molecule has 3 heteroatoms. The Bertz CT molecular complexity index is 232. The van der Waals surface area contributed by atoms with Crippen molar-refractivity contribution in [2.24, 2.45) is 0 Å². The van der Waals surface area contributed by atoms with Gasteiger partial charge in [-0.1, -0.05) is 90.9 Å². The Morgan fingerprint density at radius 3 is 1.46 bits per heavy atom. The van der Waals surface area contributed by atoms with Gasteiger partial charge < -0.3 is 9.47 Å². The van der Waals surface area contributed by atoms with Crippen LogP contribution in [0.2, 0.25) is 0 Å². The Balaban J connectivity index is 3.77. The van der Waals surface area contributed by atoms with E-state index in [-0.39, 0.29) is 6.29 Å². The quantitative estimate of drug-likeness (QED) is 0.105. The van der Waals surface area contributed by atoms with Gasteiger partial charge in [0.25, 0.3) is 0 Å². The van der Waals surface area contributed by atoms with Crippen molar-refractivity contribution in [2.75, 3.05) is 19.1 Å². The third kappa shape index (κ3) is 20.5. The molecule has 0 aromatic heterocycles. The molecule has 0 fully saturated rings. The zero-order valence-electron chi connectivity index (χ0n) is 17.9. The minimum atomic E-state index is 0.0233. The molecule has 0 aliphatic rings. The molecule has 0 aliphatic heterocycles. The van der Waals surface area contributed by atoms with Crippen molar-refractivity contribution in [1.29, 1.82) is 0 Å². The molecular formula is C23H47ClO2. The van der Waals surface area contributed by atoms with E-state index in [0.717, 1.165) is 31.9 Å². The highest BCUT2D eigenvalue weighted by molar-refractivity contribution is 6.17. The molecule has 0 spiro atoms. The van der Waals surface area contributed by atoms with Crippen LogP contribution < -0.4 is 0 Å². The molecule has 0 heterocycles. The lowest BCUT2D eigenvalue weighted by atomic mass is 10.1. The van der Waals surface area contributed by atoms with Crippen LogP contribution in [-0.4, -0.2) is 25.4 Å². The van der Waals surface area contributed by atoms with Gasteiger partial charge in [0, 0.05) is 19.1 Å². The lowest BCUT2D eigenvalue weighted by Crippen LogP contribution is -2.19. The number of unbranched alkanes of at least 4 members (excludes halogenated alkanes) is 13. The molecule has 0 radical (unpaired) electrons. The predicted molar refractivity (Wildman–Crippen MR) is 116 cm³/mol. The molecule has 0 unspecified atom stereocenters. The van der Waals surface area contributed by atoms with E-state index < -0.39 is 0 Å². The summed E-state index contributed by atoms with van der Waals surface area (Å²) in [5, 5.41) is 0. The standard InChI is InChI=1S/C23H47ClO2/c1-3-5-7-13-17-21-25-23(26-22-18-14-8-6-4-2)19-15-11-9-10-12-16-20-24/h23H,3-22H2,1-2H3. The summed E-state index contributed by atoms with van der Waals surface area (Å²) >= 11 is 5.73. The summed E-state index contributed by atoms with van der Waals surface area (Å²) in [4.78, 5) is 0. The van der Waals surface area contributed by atoms with E-state index in [1.807, 2.05) is 0 Å². The molecule has 0 saturated carbocycles. The van der Waals surface area contributed by atoms with Crippen LogP contribution in [0.3, 0.4) is 0 Å². The van der Waals surface area contributed by atoms with Gasteiger partial charge in [-0.25, -0.2) is 0 Å². The normalized spacial score (nSPS) is 11.5. The van der Waals surface area contributed by atoms with E-state index in [9.17, 15) is 0 Å². The first-order valence-electron chi connectivity index (χ1n) is 11.6. The Hall–Kier alpha value is 0.210. The average Bonchev–Trinajstić information content (AvgIpc) is 2.65. The summed E-state index contributed by atoms with van der Waals surface area (Å²) in [6.07, 6.45) is 21.6. The third-order valence-electron chi connectivity index (χ3n) is 4.93. The predicted octanol–water partition coefficient (Wildman–Crippen LogP) is 8.26. The second kappa shape index (κ2) is 23.2. The van der Waals surface area contributed by atoms with Crippen LogP contribution in [0, 0.1) is 0 Å². The topological polar surface area (TPSA) is 18.5 Å². The van der Waals surface area contributed by atoms with Crippen LogP contribution >= 0.6 is 11.6 Å². The SMILES string of the molecule is CCCCCCCOC(CCCCCCCCCl)OCCCCCCC. The summed E-state index contributed by atoms with van der Waals surface area (Å²) in [5.74, 6) is 0.806. The fourth-order valence-electron chi connectivity index (χ4n) is 3.17. The Labute approximate surface area is 169 Å². The monoisotopic (exact) mass is 390 g/mol. The van der Waals surface area contributed by atoms with Gasteiger partial charge >= 0.3 is 0 Å². The molecule has 0 saturated heterocycles. The third-order valence-corrected chi connectivity index (χ3v) is 5.19. The Morgan fingerprint density at radius 1 is 0.538 bits per heavy atom. The van der Waals surface area contributed by atoms with E-state index in [1.165, 1.54) is 96.3 Å². The van der Waals surface area contributed by atoms with Crippen LogP contribution in [0.1, 0.15) is 123 Å². The van der Waals surface area contributed by atoms with Crippen LogP contribution in [0.15, 0.2) is 0 Å². The van der Waals surface area contributed by atoms with Gasteiger partial charge in [0.15, 0.2) is 6.29 Å². The number of alkyl halides is 1. The van der Waals surface area contributed by atoms with Crippen molar-refractivity contribution in [3.63, 3.8) is 0 Å². The van der Waals surface area contributed by atoms with Crippen LogP contribution in [0.4, 0.5) is 0 Å². The van der Waals surface area contributed by atoms with Crippen LogP contribution in [-0.2, 0) is 9.47 Å². The summed E-state index contributed by atoms with van der Waals surface area (Å²) in [7, 11) is 0. The second-order valence-corrected chi connectivity index (χ2v) is 7.98. The molecule has 0 bridgehead atoms. The first kappa shape index (κ1) is 26.2. The maximum Gasteiger partial charge on any atom is 0.157 e. The second-order valence-electron chi connectivity index (χ2n) is 7.60. The minimum absolute atomic E-state index is 0.0233. The van der Waals surface area contributed by atoms with Gasteiger partial charge in [-0.3, -0.25) is 0 Å². The van der Waals surface area contributed by atoms with E-state index in [4.69, 9.17) is 21.1 Å². The number of rotatable bonds is 22. The minimum Gasteiger partial charge on any atom is -0.353 e. The molecule has 0 amide bonds. The highest BCUT2D eigenvalue weighted by Crippen LogP contribution is 2.14. The van der Waals surface area contributed by atoms with Crippen molar-refractivity contribution in [3.05, 3.63) is 0 Å². The molecule has 158 valence electrons. The van der Waals surface area contributed by atoms with Crippen molar-refractivity contribution < 1.29 is 9.47 Å². The van der Waals surface area contributed by atoms with Crippen LogP contribution in [0.25, 0.3) is 0 Å².